The first-order valence-corrected chi connectivity index (χ1v) is 32.1. The maximum absolute atomic E-state index is 5.32. The van der Waals surface area contributed by atoms with Gasteiger partial charge in [0.25, 0.3) is 0 Å². The zero-order valence-corrected chi connectivity index (χ0v) is 46.2. The first kappa shape index (κ1) is 49.1. The first-order chi connectivity index (χ1) is 32.9. The molecular formula is C54H68N6S7. The molecule has 9 heterocycles. The smallest absolute Gasteiger partial charge is 0.132 e. The Labute approximate surface area is 425 Å². The summed E-state index contributed by atoms with van der Waals surface area (Å²) in [4.78, 5) is 24.6. The largest absolute Gasteiger partial charge is 0.252 e. The van der Waals surface area contributed by atoms with E-state index in [0.717, 1.165) is 57.4 Å². The van der Waals surface area contributed by atoms with E-state index in [-0.39, 0.29) is 0 Å². The number of nitrogens with zero attached hydrogens (tertiary/aromatic N) is 6. The van der Waals surface area contributed by atoms with Crippen LogP contribution >= 0.6 is 78.8 Å². The SMILES string of the molecule is CCCCCCc1ccc(-c2cnc(-c3cc4c(s3)-c3sc(-c5ncc(-c6ccc(CCCCCC)s6)c6nsnc56)cc3S4(CC(CC)CCCC)CC(CC)CCCC)c3nsnc23)s1. The molecule has 1 aliphatic rings. The molecule has 2 atom stereocenters. The zero-order chi connectivity index (χ0) is 46.3. The summed E-state index contributed by atoms with van der Waals surface area (Å²) in [5, 5.41) is 0. The minimum Gasteiger partial charge on any atom is -0.252 e. The molecule has 0 bridgehead atoms. The van der Waals surface area contributed by atoms with Crippen molar-refractivity contribution >= 4 is 101 Å². The lowest BCUT2D eigenvalue weighted by molar-refractivity contribution is 0.484. The van der Waals surface area contributed by atoms with Gasteiger partial charge in [0.15, 0.2) is 0 Å². The lowest BCUT2D eigenvalue weighted by Gasteiger charge is -2.42. The van der Waals surface area contributed by atoms with Crippen molar-refractivity contribution < 1.29 is 0 Å². The van der Waals surface area contributed by atoms with Crippen molar-refractivity contribution in [1.29, 1.82) is 0 Å². The summed E-state index contributed by atoms with van der Waals surface area (Å²) in [6, 6.07) is 14.4. The Bertz CT molecular complexity index is 2660. The molecule has 0 N–H and O–H groups in total. The van der Waals surface area contributed by atoms with Crippen molar-refractivity contribution in [1.82, 2.24) is 27.5 Å². The number of unbranched alkanes of at least 4 members (excludes halogenated alkanes) is 8. The van der Waals surface area contributed by atoms with E-state index in [4.69, 9.17) is 27.5 Å². The number of rotatable bonds is 26. The average molecular weight is 1030 g/mol. The summed E-state index contributed by atoms with van der Waals surface area (Å²) in [7, 11) is -1.44. The predicted molar refractivity (Wildman–Crippen MR) is 299 cm³/mol. The predicted octanol–water partition coefficient (Wildman–Crippen LogP) is 19.3. The third-order valence-corrected chi connectivity index (χ3v) is 24.6. The summed E-state index contributed by atoms with van der Waals surface area (Å²) in [5.41, 5.74) is 8.03. The molecule has 0 spiro atoms. The second-order valence-electron chi connectivity index (χ2n) is 18.8. The van der Waals surface area contributed by atoms with Gasteiger partial charge < -0.3 is 0 Å². The maximum atomic E-state index is 5.32. The fraction of sp³-hybridized carbons (Fsp3) is 0.519. The van der Waals surface area contributed by atoms with E-state index in [2.05, 4.69) is 90.3 Å². The van der Waals surface area contributed by atoms with Crippen LogP contribution in [-0.2, 0) is 12.8 Å². The van der Waals surface area contributed by atoms with Gasteiger partial charge in [-0.05, 0) is 98.3 Å². The standard InChI is InChI=1S/C54H68N6S7/c1-7-13-17-19-23-37-25-27-41(61-37)39-31-55-49(51-47(39)57-65-59-51)43-29-45-53(63-43)54-46(67(45,33-35(11-5)21-15-9-3)34-36(12-6)22-16-10-4)30-44(64-54)50-52-48(58-66-60-52)40(32-56-50)42-28-26-38(62-42)24-20-18-14-8-2/h25-32,35-36H,7-24,33-34H2,1-6H3. The number of aromatic nitrogens is 6. The van der Waals surface area contributed by atoms with Crippen LogP contribution in [0.25, 0.3) is 73.8 Å². The molecular weight excluding hydrogens is 957 g/mol. The molecule has 6 nitrogen and oxygen atoms in total. The molecule has 0 aromatic carbocycles. The molecule has 0 radical (unpaired) electrons. The highest BCUT2D eigenvalue weighted by Gasteiger charge is 2.45. The fourth-order valence-corrected chi connectivity index (χ4v) is 22.2. The summed E-state index contributed by atoms with van der Waals surface area (Å²) in [6.45, 7) is 14.2. The molecule has 356 valence electrons. The van der Waals surface area contributed by atoms with E-state index < -0.39 is 10.0 Å². The van der Waals surface area contributed by atoms with Crippen LogP contribution < -0.4 is 0 Å². The van der Waals surface area contributed by atoms with Crippen LogP contribution in [0.5, 0.6) is 0 Å². The molecule has 0 aliphatic carbocycles. The van der Waals surface area contributed by atoms with Gasteiger partial charge in [-0.2, -0.15) is 27.5 Å². The van der Waals surface area contributed by atoms with Gasteiger partial charge in [0.2, 0.25) is 0 Å². The third-order valence-electron chi connectivity index (χ3n) is 14.0. The molecule has 0 fully saturated rings. The quantitative estimate of drug-likeness (QED) is 0.0503. The minimum atomic E-state index is -1.44. The Morgan fingerprint density at radius 1 is 0.463 bits per heavy atom. The number of hydrogen-bond donors (Lipinski definition) is 0. The van der Waals surface area contributed by atoms with Crippen LogP contribution in [0.2, 0.25) is 0 Å². The highest BCUT2D eigenvalue weighted by atomic mass is 32.3. The van der Waals surface area contributed by atoms with Gasteiger partial charge in [-0.1, -0.05) is 119 Å². The van der Waals surface area contributed by atoms with Gasteiger partial charge >= 0.3 is 0 Å². The van der Waals surface area contributed by atoms with Gasteiger partial charge in [0.1, 0.15) is 33.5 Å². The van der Waals surface area contributed by atoms with Crippen molar-refractivity contribution in [2.45, 2.75) is 167 Å². The van der Waals surface area contributed by atoms with Gasteiger partial charge in [0.05, 0.1) is 43.0 Å². The second-order valence-corrected chi connectivity index (χ2v) is 27.6. The molecule has 0 saturated carbocycles. The third kappa shape index (κ3) is 10.3. The van der Waals surface area contributed by atoms with Gasteiger partial charge in [-0.25, -0.2) is 0 Å². The molecule has 13 heteroatoms. The van der Waals surface area contributed by atoms with Gasteiger partial charge in [0, 0.05) is 52.8 Å². The monoisotopic (exact) mass is 1020 g/mol. The first-order valence-electron chi connectivity index (χ1n) is 25.4. The number of pyridine rings is 2. The molecule has 8 aromatic heterocycles. The lowest BCUT2D eigenvalue weighted by atomic mass is 10.0. The Morgan fingerprint density at radius 3 is 1.31 bits per heavy atom. The van der Waals surface area contributed by atoms with Crippen molar-refractivity contribution in [3.63, 3.8) is 0 Å². The van der Waals surface area contributed by atoms with E-state index in [1.54, 1.807) is 9.79 Å². The number of fused-ring (bicyclic) bond motifs is 5. The van der Waals surface area contributed by atoms with Crippen LogP contribution in [0.3, 0.4) is 0 Å². The lowest BCUT2D eigenvalue weighted by Crippen LogP contribution is -2.20. The Hall–Kier alpha value is -2.91. The second kappa shape index (κ2) is 22.9. The maximum Gasteiger partial charge on any atom is 0.132 e. The van der Waals surface area contributed by atoms with Crippen LogP contribution in [0.4, 0.5) is 0 Å². The summed E-state index contributed by atoms with van der Waals surface area (Å²) < 4.78 is 19.9. The highest BCUT2D eigenvalue weighted by Crippen LogP contribution is 2.77. The summed E-state index contributed by atoms with van der Waals surface area (Å²) in [6.07, 6.45) is 26.8. The van der Waals surface area contributed by atoms with E-state index in [9.17, 15) is 0 Å². The number of hydrogen-bond acceptors (Lipinski definition) is 12. The minimum absolute atomic E-state index is 0.674. The molecule has 1 aliphatic heterocycles. The molecule has 67 heavy (non-hydrogen) atoms. The Morgan fingerprint density at radius 2 is 0.896 bits per heavy atom. The summed E-state index contributed by atoms with van der Waals surface area (Å²) in [5.74, 6) is 3.84. The molecule has 2 unspecified atom stereocenters. The average Bonchev–Trinajstić information content (AvgIpc) is 4.22. The molecule has 9 rings (SSSR count). The van der Waals surface area contributed by atoms with Crippen molar-refractivity contribution in [3.8, 4) is 51.8 Å². The highest BCUT2D eigenvalue weighted by molar-refractivity contribution is 8.34. The molecule has 0 amide bonds. The van der Waals surface area contributed by atoms with E-state index in [0.29, 0.717) is 11.8 Å². The van der Waals surface area contributed by atoms with Crippen molar-refractivity contribution in [2.75, 3.05) is 11.5 Å². The van der Waals surface area contributed by atoms with Crippen LogP contribution in [-0.4, -0.2) is 39.0 Å². The zero-order valence-electron chi connectivity index (χ0n) is 40.5. The van der Waals surface area contributed by atoms with Crippen LogP contribution in [0.15, 0.2) is 58.6 Å². The van der Waals surface area contributed by atoms with Crippen LogP contribution in [0.1, 0.15) is 154 Å². The number of thiophene rings is 4. The van der Waals surface area contributed by atoms with Crippen LogP contribution in [0, 0.1) is 11.8 Å². The van der Waals surface area contributed by atoms with E-state index in [1.165, 1.54) is 177 Å². The fourth-order valence-electron chi connectivity index (χ4n) is 10.1. The van der Waals surface area contributed by atoms with Crippen molar-refractivity contribution in [3.05, 3.63) is 58.5 Å². The Balaban J connectivity index is 1.14. The van der Waals surface area contributed by atoms with Gasteiger partial charge in [-0.3, -0.25) is 9.97 Å². The van der Waals surface area contributed by atoms with E-state index >= 15 is 0 Å². The summed E-state index contributed by atoms with van der Waals surface area (Å²) >= 11 is 10.3. The van der Waals surface area contributed by atoms with Crippen molar-refractivity contribution in [2.24, 2.45) is 11.8 Å². The van der Waals surface area contributed by atoms with Gasteiger partial charge in [-0.15, -0.1) is 45.3 Å². The van der Waals surface area contributed by atoms with E-state index in [1.807, 2.05) is 45.3 Å². The molecule has 0 saturated heterocycles. The molecule has 8 aromatic rings. The normalized spacial score (nSPS) is 14.6. The Kier molecular flexibility index (Phi) is 16.8. The number of aryl methyl sites for hydroxylation is 2. The topological polar surface area (TPSA) is 77.3 Å².